The fraction of sp³-hybridized carbons (Fsp3) is 1.00. The molecular weight excluding hydrogens is 254 g/mol. The Morgan fingerprint density at radius 2 is 1.67 bits per heavy atom. The van der Waals surface area contributed by atoms with Crippen LogP contribution in [0.25, 0.3) is 0 Å². The number of rotatable bonds is 8. The fourth-order valence-electron chi connectivity index (χ4n) is 1.17. The molecule has 0 N–H and O–H groups in total. The molecule has 0 saturated heterocycles. The van der Waals surface area contributed by atoms with E-state index < -0.39 is 10.1 Å². The molecule has 0 unspecified atom stereocenters. The van der Waals surface area contributed by atoms with Gasteiger partial charge >= 0.3 is 0 Å². The Kier molecular flexibility index (Phi) is 12.0. The standard InChI is InChI=1S/C8H20NO.C4H10O3S/c1-5-9(3,6-2)7-8-10-4;1-2-3-4-8(5,6)7/h5-8H2,1-4H3;2-4H2,1H3,(H,5,6,7)/q+1;/p-1. The number of hydrogen-bond acceptors (Lipinski definition) is 4. The Morgan fingerprint density at radius 3 is 1.89 bits per heavy atom. The molecule has 0 aromatic rings. The minimum absolute atomic E-state index is 0.219. The molecule has 0 heterocycles. The summed E-state index contributed by atoms with van der Waals surface area (Å²) in [4.78, 5) is 0. The summed E-state index contributed by atoms with van der Waals surface area (Å²) in [5, 5.41) is 0. The topological polar surface area (TPSA) is 66.4 Å². The maximum atomic E-state index is 9.83. The molecule has 0 aromatic carbocycles. The van der Waals surface area contributed by atoms with E-state index in [9.17, 15) is 13.0 Å². The van der Waals surface area contributed by atoms with E-state index >= 15 is 0 Å². The molecule has 18 heavy (non-hydrogen) atoms. The van der Waals surface area contributed by atoms with Crippen LogP contribution in [0.4, 0.5) is 0 Å². The van der Waals surface area contributed by atoms with Crippen LogP contribution < -0.4 is 0 Å². The molecule has 0 aliphatic carbocycles. The summed E-state index contributed by atoms with van der Waals surface area (Å²) in [7, 11) is 0.0862. The zero-order valence-electron chi connectivity index (χ0n) is 12.4. The number of quaternary nitrogens is 1. The SMILES string of the molecule is CCCCS(=O)(=O)[O-].CC[N+](C)(CC)CCOC. The summed E-state index contributed by atoms with van der Waals surface area (Å²) < 4.78 is 35.6. The van der Waals surface area contributed by atoms with Gasteiger partial charge in [0, 0.05) is 12.9 Å². The minimum Gasteiger partial charge on any atom is -0.748 e. The van der Waals surface area contributed by atoms with E-state index in [1.807, 2.05) is 6.92 Å². The predicted octanol–water partition coefficient (Wildman–Crippen LogP) is 1.45. The summed E-state index contributed by atoms with van der Waals surface area (Å²) in [6.07, 6.45) is 1.23. The number of methoxy groups -OCH3 is 1. The lowest BCUT2D eigenvalue weighted by Crippen LogP contribution is -2.45. The van der Waals surface area contributed by atoms with Crippen LogP contribution in [0.15, 0.2) is 0 Å². The van der Waals surface area contributed by atoms with Gasteiger partial charge in [0.1, 0.15) is 6.54 Å². The highest BCUT2D eigenvalue weighted by molar-refractivity contribution is 7.85. The normalized spacial score (nSPS) is 11.9. The van der Waals surface area contributed by atoms with Crippen molar-refractivity contribution >= 4 is 10.1 Å². The third-order valence-corrected chi connectivity index (χ3v) is 3.90. The quantitative estimate of drug-likeness (QED) is 0.499. The largest absolute Gasteiger partial charge is 0.748 e. The molecule has 0 spiro atoms. The van der Waals surface area contributed by atoms with Crippen molar-refractivity contribution in [1.29, 1.82) is 0 Å². The predicted molar refractivity (Wildman–Crippen MR) is 73.5 cm³/mol. The monoisotopic (exact) mass is 283 g/mol. The van der Waals surface area contributed by atoms with Gasteiger partial charge in [-0.2, -0.15) is 0 Å². The lowest BCUT2D eigenvalue weighted by Gasteiger charge is -2.31. The average molecular weight is 283 g/mol. The Balaban J connectivity index is 0. The van der Waals surface area contributed by atoms with Gasteiger partial charge in [0.05, 0.1) is 36.9 Å². The van der Waals surface area contributed by atoms with Gasteiger partial charge in [-0.15, -0.1) is 0 Å². The van der Waals surface area contributed by atoms with Gasteiger partial charge in [0.2, 0.25) is 0 Å². The van der Waals surface area contributed by atoms with E-state index in [1.54, 1.807) is 7.11 Å². The van der Waals surface area contributed by atoms with Gasteiger partial charge in [-0.3, -0.25) is 0 Å². The Morgan fingerprint density at radius 1 is 1.17 bits per heavy atom. The molecule has 0 amide bonds. The Labute approximate surface area is 112 Å². The second-order valence-electron chi connectivity index (χ2n) is 4.58. The molecule has 0 saturated carbocycles. The van der Waals surface area contributed by atoms with Crippen LogP contribution in [0, 0.1) is 0 Å². The molecule has 0 aromatic heterocycles. The first kappa shape index (κ1) is 20.2. The lowest BCUT2D eigenvalue weighted by atomic mass is 10.4. The van der Waals surface area contributed by atoms with Gasteiger partial charge in [-0.1, -0.05) is 13.3 Å². The average Bonchev–Trinajstić information content (AvgIpc) is 2.33. The highest BCUT2D eigenvalue weighted by atomic mass is 32.2. The molecule has 112 valence electrons. The summed E-state index contributed by atoms with van der Waals surface area (Å²) >= 11 is 0. The first-order valence-electron chi connectivity index (χ1n) is 6.50. The van der Waals surface area contributed by atoms with E-state index in [2.05, 4.69) is 20.9 Å². The molecule has 0 fully saturated rings. The van der Waals surface area contributed by atoms with E-state index in [0.717, 1.165) is 24.1 Å². The van der Waals surface area contributed by atoms with Gasteiger partial charge < -0.3 is 13.8 Å². The Bertz CT molecular complexity index is 274. The van der Waals surface area contributed by atoms with Crippen LogP contribution in [0.5, 0.6) is 0 Å². The molecule has 0 aliphatic rings. The van der Waals surface area contributed by atoms with Crippen molar-refractivity contribution in [2.75, 3.05) is 46.2 Å². The first-order chi connectivity index (χ1) is 8.24. The van der Waals surface area contributed by atoms with Gasteiger partial charge in [0.25, 0.3) is 0 Å². The molecule has 5 nitrogen and oxygen atoms in total. The van der Waals surface area contributed by atoms with E-state index in [-0.39, 0.29) is 5.75 Å². The minimum atomic E-state index is -3.94. The number of likely N-dealkylation sites (N-methyl/N-ethyl adjacent to an activating group) is 1. The van der Waals surface area contributed by atoms with Gasteiger partial charge in [0.15, 0.2) is 0 Å². The maximum Gasteiger partial charge on any atom is 0.102 e. The third-order valence-electron chi connectivity index (χ3n) is 3.11. The number of unbranched alkanes of at least 4 members (excludes halogenated alkanes) is 1. The van der Waals surface area contributed by atoms with Gasteiger partial charge in [-0.05, 0) is 20.3 Å². The lowest BCUT2D eigenvalue weighted by molar-refractivity contribution is -0.906. The highest BCUT2D eigenvalue weighted by Gasteiger charge is 2.14. The van der Waals surface area contributed by atoms with Crippen LogP contribution in [-0.4, -0.2) is 63.6 Å². The van der Waals surface area contributed by atoms with E-state index in [4.69, 9.17) is 4.74 Å². The summed E-state index contributed by atoms with van der Waals surface area (Å²) in [5.41, 5.74) is 0. The smallest absolute Gasteiger partial charge is 0.102 e. The highest BCUT2D eigenvalue weighted by Crippen LogP contribution is 1.99. The molecule has 0 radical (unpaired) electrons. The van der Waals surface area contributed by atoms with E-state index in [1.165, 1.54) is 13.1 Å². The van der Waals surface area contributed by atoms with Crippen LogP contribution in [0.1, 0.15) is 33.6 Å². The van der Waals surface area contributed by atoms with Crippen molar-refractivity contribution in [3.63, 3.8) is 0 Å². The molecule has 0 atom stereocenters. The Hall–Kier alpha value is -0.170. The maximum absolute atomic E-state index is 9.83. The molecular formula is C12H29NO4S. The second kappa shape index (κ2) is 10.7. The molecule has 0 aliphatic heterocycles. The molecule has 6 heteroatoms. The van der Waals surface area contributed by atoms with Crippen LogP contribution in [0.3, 0.4) is 0 Å². The fourth-order valence-corrected chi connectivity index (χ4v) is 1.81. The summed E-state index contributed by atoms with van der Waals surface area (Å²) in [6, 6.07) is 0. The van der Waals surface area contributed by atoms with Gasteiger partial charge in [-0.25, -0.2) is 8.42 Å². The van der Waals surface area contributed by atoms with Crippen molar-refractivity contribution in [2.45, 2.75) is 33.6 Å². The zero-order valence-corrected chi connectivity index (χ0v) is 13.3. The van der Waals surface area contributed by atoms with Crippen LogP contribution in [0.2, 0.25) is 0 Å². The molecule has 0 bridgehead atoms. The van der Waals surface area contributed by atoms with Crippen molar-refractivity contribution in [3.05, 3.63) is 0 Å². The first-order valence-corrected chi connectivity index (χ1v) is 8.08. The van der Waals surface area contributed by atoms with Crippen molar-refractivity contribution in [3.8, 4) is 0 Å². The van der Waals surface area contributed by atoms with Crippen molar-refractivity contribution < 1.29 is 22.2 Å². The summed E-state index contributed by atoms with van der Waals surface area (Å²) in [6.45, 7) is 10.7. The van der Waals surface area contributed by atoms with Crippen LogP contribution in [-0.2, 0) is 14.9 Å². The number of nitrogens with zero attached hydrogens (tertiary/aromatic N) is 1. The third kappa shape index (κ3) is 13.9. The number of ether oxygens (including phenoxy) is 1. The molecule has 0 rings (SSSR count). The zero-order chi connectivity index (χ0) is 14.7. The van der Waals surface area contributed by atoms with Crippen LogP contribution >= 0.6 is 0 Å². The van der Waals surface area contributed by atoms with Crippen molar-refractivity contribution in [1.82, 2.24) is 0 Å². The second-order valence-corrected chi connectivity index (χ2v) is 6.11. The summed E-state index contributed by atoms with van der Waals surface area (Å²) in [5.74, 6) is -0.219. The number of hydrogen-bond donors (Lipinski definition) is 0. The van der Waals surface area contributed by atoms with E-state index in [0.29, 0.717) is 6.42 Å². The van der Waals surface area contributed by atoms with Crippen molar-refractivity contribution in [2.24, 2.45) is 0 Å².